The maximum atomic E-state index is 13.9. The van der Waals surface area contributed by atoms with Gasteiger partial charge in [-0.2, -0.15) is 0 Å². The molecule has 0 spiro atoms. The van der Waals surface area contributed by atoms with E-state index >= 15 is 0 Å². The first-order chi connectivity index (χ1) is 9.68. The first-order valence-corrected chi connectivity index (χ1v) is 8.28. The number of rotatable bonds is 6. The summed E-state index contributed by atoms with van der Waals surface area (Å²) in [5.41, 5.74) is -0.345. The van der Waals surface area contributed by atoms with Gasteiger partial charge in [0.25, 0.3) is 5.91 Å². The van der Waals surface area contributed by atoms with Gasteiger partial charge in [0.1, 0.15) is 5.82 Å². The molecule has 0 unspecified atom stereocenters. The molecule has 1 aromatic rings. The number of nitrogens with zero attached hydrogens (tertiary/aromatic N) is 1. The molecule has 0 aliphatic rings. The van der Waals surface area contributed by atoms with Crippen LogP contribution in [0.2, 0.25) is 0 Å². The van der Waals surface area contributed by atoms with Crippen LogP contribution >= 0.6 is 15.9 Å². The quantitative estimate of drug-likeness (QED) is 0.751. The van der Waals surface area contributed by atoms with E-state index in [4.69, 9.17) is 9.88 Å². The number of ether oxygens (including phenoxy) is 1. The number of primary sulfonamides is 1. The van der Waals surface area contributed by atoms with Crippen molar-refractivity contribution < 1.29 is 22.3 Å². The molecule has 9 heteroatoms. The third-order valence-electron chi connectivity index (χ3n) is 2.75. The minimum atomic E-state index is -4.06. The number of nitrogens with two attached hydrogens (primary N) is 1. The van der Waals surface area contributed by atoms with Crippen LogP contribution in [0.25, 0.3) is 0 Å². The molecule has 0 saturated carbocycles. The Morgan fingerprint density at radius 2 is 2.10 bits per heavy atom. The molecule has 0 radical (unpaired) electrons. The van der Waals surface area contributed by atoms with Crippen molar-refractivity contribution in [3.05, 3.63) is 28.0 Å². The van der Waals surface area contributed by atoms with Crippen LogP contribution in [0.4, 0.5) is 4.39 Å². The van der Waals surface area contributed by atoms with Gasteiger partial charge in [-0.3, -0.25) is 4.79 Å². The first kappa shape index (κ1) is 18.0. The van der Waals surface area contributed by atoms with Crippen molar-refractivity contribution in [1.82, 2.24) is 4.90 Å². The third-order valence-corrected chi connectivity index (χ3v) is 4.62. The van der Waals surface area contributed by atoms with E-state index in [-0.39, 0.29) is 14.9 Å². The first-order valence-electron chi connectivity index (χ1n) is 5.94. The fourth-order valence-corrected chi connectivity index (χ4v) is 3.27. The fraction of sp³-hybridized carbons (Fsp3) is 0.417. The molecule has 21 heavy (non-hydrogen) atoms. The molecule has 0 aliphatic carbocycles. The number of amides is 1. The van der Waals surface area contributed by atoms with Crippen molar-refractivity contribution in [3.8, 4) is 0 Å². The number of carbonyl (C=O) groups is 1. The molecule has 0 fully saturated rings. The average molecular weight is 383 g/mol. The van der Waals surface area contributed by atoms with Crippen LogP contribution in [0.3, 0.4) is 0 Å². The van der Waals surface area contributed by atoms with Gasteiger partial charge in [-0.15, -0.1) is 0 Å². The Balaban J connectivity index is 3.10. The molecule has 0 bridgehead atoms. The van der Waals surface area contributed by atoms with Gasteiger partial charge >= 0.3 is 0 Å². The highest BCUT2D eigenvalue weighted by atomic mass is 79.9. The predicted molar refractivity (Wildman–Crippen MR) is 78.9 cm³/mol. The molecule has 1 amide bonds. The van der Waals surface area contributed by atoms with Crippen molar-refractivity contribution in [2.75, 3.05) is 27.3 Å². The van der Waals surface area contributed by atoms with E-state index < -0.39 is 21.7 Å². The number of methoxy groups -OCH3 is 1. The second-order valence-corrected chi connectivity index (χ2v) is 6.76. The van der Waals surface area contributed by atoms with E-state index in [9.17, 15) is 17.6 Å². The summed E-state index contributed by atoms with van der Waals surface area (Å²) >= 11 is 2.91. The summed E-state index contributed by atoms with van der Waals surface area (Å²) in [6.07, 6.45) is 0.582. The number of halogens is 2. The minimum Gasteiger partial charge on any atom is -0.385 e. The van der Waals surface area contributed by atoms with Crippen molar-refractivity contribution in [1.29, 1.82) is 0 Å². The molecule has 6 nitrogen and oxygen atoms in total. The third kappa shape index (κ3) is 4.73. The number of benzene rings is 1. The van der Waals surface area contributed by atoms with Gasteiger partial charge in [0.05, 0.1) is 10.5 Å². The van der Waals surface area contributed by atoms with Crippen LogP contribution in [0, 0.1) is 5.82 Å². The van der Waals surface area contributed by atoms with Crippen molar-refractivity contribution >= 4 is 31.9 Å². The maximum absolute atomic E-state index is 13.9. The molecule has 118 valence electrons. The molecule has 1 rings (SSSR count). The van der Waals surface area contributed by atoms with E-state index in [0.717, 1.165) is 12.1 Å². The monoisotopic (exact) mass is 382 g/mol. The van der Waals surface area contributed by atoms with Crippen LogP contribution in [0.5, 0.6) is 0 Å². The van der Waals surface area contributed by atoms with Crippen LogP contribution in [-0.2, 0) is 14.8 Å². The summed E-state index contributed by atoms with van der Waals surface area (Å²) in [6.45, 7) is 0.815. The highest BCUT2D eigenvalue weighted by molar-refractivity contribution is 9.10. The molecule has 0 atom stereocenters. The lowest BCUT2D eigenvalue weighted by Crippen LogP contribution is -2.29. The second-order valence-electron chi connectivity index (χ2n) is 4.38. The molecule has 2 N–H and O–H groups in total. The van der Waals surface area contributed by atoms with Gasteiger partial charge in [0.15, 0.2) is 0 Å². The van der Waals surface area contributed by atoms with E-state index in [0.29, 0.717) is 19.6 Å². The Morgan fingerprint density at radius 3 is 2.62 bits per heavy atom. The smallest absolute Gasteiger partial charge is 0.256 e. The van der Waals surface area contributed by atoms with Gasteiger partial charge in [-0.25, -0.2) is 17.9 Å². The lowest BCUT2D eigenvalue weighted by atomic mass is 10.2. The van der Waals surface area contributed by atoms with Gasteiger partial charge in [0.2, 0.25) is 10.0 Å². The lowest BCUT2D eigenvalue weighted by molar-refractivity contribution is 0.0774. The standard InChI is InChI=1S/C12H16BrFN2O4S/c1-16(4-3-5-20-2)12(17)8-6-11(21(15,18)19)9(13)7-10(8)14/h6-7H,3-5H2,1-2H3,(H2,15,18,19). The Kier molecular flexibility index (Phi) is 6.26. The molecule has 0 aromatic heterocycles. The largest absolute Gasteiger partial charge is 0.385 e. The highest BCUT2D eigenvalue weighted by Crippen LogP contribution is 2.25. The lowest BCUT2D eigenvalue weighted by Gasteiger charge is -2.18. The van der Waals surface area contributed by atoms with E-state index in [1.54, 1.807) is 0 Å². The van der Waals surface area contributed by atoms with Crippen LogP contribution in [0.1, 0.15) is 16.8 Å². The van der Waals surface area contributed by atoms with Crippen LogP contribution < -0.4 is 5.14 Å². The average Bonchev–Trinajstić information content (AvgIpc) is 2.36. The van der Waals surface area contributed by atoms with Crippen molar-refractivity contribution in [2.45, 2.75) is 11.3 Å². The van der Waals surface area contributed by atoms with Crippen LogP contribution in [0.15, 0.2) is 21.5 Å². The number of hydrogen-bond acceptors (Lipinski definition) is 4. The Bertz CT molecular complexity index is 636. The normalized spacial score (nSPS) is 11.5. The van der Waals surface area contributed by atoms with Crippen molar-refractivity contribution in [2.24, 2.45) is 5.14 Å². The zero-order valence-electron chi connectivity index (χ0n) is 11.6. The Morgan fingerprint density at radius 1 is 1.48 bits per heavy atom. The van der Waals surface area contributed by atoms with E-state index in [1.807, 2.05) is 0 Å². The van der Waals surface area contributed by atoms with Crippen molar-refractivity contribution in [3.63, 3.8) is 0 Å². The summed E-state index contributed by atoms with van der Waals surface area (Å²) in [4.78, 5) is 13.1. The molecular formula is C12H16BrFN2O4S. The van der Waals surface area contributed by atoms with Crippen LogP contribution in [-0.4, -0.2) is 46.5 Å². The summed E-state index contributed by atoms with van der Waals surface area (Å²) in [6, 6.07) is 1.85. The zero-order valence-corrected chi connectivity index (χ0v) is 14.0. The van der Waals surface area contributed by atoms with E-state index in [1.165, 1.54) is 19.1 Å². The summed E-state index contributed by atoms with van der Waals surface area (Å²) < 4.78 is 41.5. The Labute approximate surface area is 131 Å². The topological polar surface area (TPSA) is 89.7 Å². The zero-order chi connectivity index (χ0) is 16.2. The van der Waals surface area contributed by atoms with Gasteiger partial charge < -0.3 is 9.64 Å². The summed E-state index contributed by atoms with van der Waals surface area (Å²) in [7, 11) is -1.02. The van der Waals surface area contributed by atoms with Gasteiger partial charge in [0, 0.05) is 31.8 Å². The second kappa shape index (κ2) is 7.30. The minimum absolute atomic E-state index is 0.0268. The molecule has 1 aromatic carbocycles. The summed E-state index contributed by atoms with van der Waals surface area (Å²) in [5, 5.41) is 5.03. The summed E-state index contributed by atoms with van der Waals surface area (Å²) in [5.74, 6) is -1.45. The Hall–Kier alpha value is -1.03. The van der Waals surface area contributed by atoms with Gasteiger partial charge in [-0.1, -0.05) is 0 Å². The molecule has 0 aliphatic heterocycles. The number of sulfonamides is 1. The highest BCUT2D eigenvalue weighted by Gasteiger charge is 2.22. The van der Waals surface area contributed by atoms with Gasteiger partial charge in [-0.05, 0) is 34.5 Å². The number of carbonyl (C=O) groups excluding carboxylic acids is 1. The molecule has 0 heterocycles. The maximum Gasteiger partial charge on any atom is 0.256 e. The number of hydrogen-bond donors (Lipinski definition) is 1. The predicted octanol–water partition coefficient (Wildman–Crippen LogP) is 1.34. The van der Waals surface area contributed by atoms with E-state index in [2.05, 4.69) is 15.9 Å². The molecule has 0 saturated heterocycles. The SMILES string of the molecule is COCCCN(C)C(=O)c1cc(S(N)(=O)=O)c(Br)cc1F. The fourth-order valence-electron chi connectivity index (χ4n) is 1.66. The molecular weight excluding hydrogens is 367 g/mol.